The highest BCUT2D eigenvalue weighted by Crippen LogP contribution is 2.27. The van der Waals surface area contributed by atoms with Crippen molar-refractivity contribution in [1.82, 2.24) is 25.1 Å². The highest BCUT2D eigenvalue weighted by atomic mass is 35.5. The molecule has 2 heterocycles. The van der Waals surface area contributed by atoms with Crippen LogP contribution in [-0.4, -0.2) is 25.1 Å². The van der Waals surface area contributed by atoms with Crippen LogP contribution in [0.5, 0.6) is 0 Å². The maximum Gasteiger partial charge on any atom is 0.282 e. The van der Waals surface area contributed by atoms with Crippen LogP contribution in [0.3, 0.4) is 0 Å². The van der Waals surface area contributed by atoms with Crippen molar-refractivity contribution in [1.29, 1.82) is 0 Å². The van der Waals surface area contributed by atoms with Crippen molar-refractivity contribution in [2.24, 2.45) is 0 Å². The van der Waals surface area contributed by atoms with Crippen LogP contribution in [-0.2, 0) is 0 Å². The summed E-state index contributed by atoms with van der Waals surface area (Å²) < 4.78 is 19.9. The fourth-order valence-corrected chi connectivity index (χ4v) is 2.45. The number of nitrogen functional groups attached to an aromatic ring is 1. The smallest absolute Gasteiger partial charge is 0.282 e. The number of nitrogens with two attached hydrogens (primary N) is 1. The third-order valence-electron chi connectivity index (χ3n) is 3.51. The molecule has 0 bridgehead atoms. The predicted molar refractivity (Wildman–Crippen MR) is 89.5 cm³/mol. The van der Waals surface area contributed by atoms with E-state index in [2.05, 4.69) is 20.5 Å². The van der Waals surface area contributed by atoms with Crippen LogP contribution < -0.4 is 5.73 Å². The second kappa shape index (κ2) is 5.99. The first kappa shape index (κ1) is 15.3. The molecule has 4 rings (SSSR count). The van der Waals surface area contributed by atoms with Gasteiger partial charge in [0.2, 0.25) is 5.82 Å². The minimum atomic E-state index is -0.534. The molecule has 2 aromatic heterocycles. The number of hydrogen-bond donors (Lipinski definition) is 1. The van der Waals surface area contributed by atoms with Gasteiger partial charge < -0.3 is 10.3 Å². The third kappa shape index (κ3) is 2.72. The molecular formula is C16H10ClFN6O. The molecule has 0 unspecified atom stereocenters. The van der Waals surface area contributed by atoms with Gasteiger partial charge in [-0.1, -0.05) is 52.3 Å². The lowest BCUT2D eigenvalue weighted by molar-refractivity contribution is 0.431. The molecular weight excluding hydrogens is 347 g/mol. The van der Waals surface area contributed by atoms with Crippen molar-refractivity contribution in [3.63, 3.8) is 0 Å². The van der Waals surface area contributed by atoms with Crippen molar-refractivity contribution in [2.45, 2.75) is 0 Å². The van der Waals surface area contributed by atoms with E-state index < -0.39 is 5.82 Å². The molecule has 0 fully saturated rings. The maximum absolute atomic E-state index is 13.3. The SMILES string of the molecule is Nc1c(-c2nc(-c3ccccc3)no2)nnn1-c1ccc(F)c(Cl)c1. The molecule has 0 aliphatic heterocycles. The Morgan fingerprint density at radius 1 is 1.12 bits per heavy atom. The number of benzene rings is 2. The number of nitrogens with zero attached hydrogens (tertiary/aromatic N) is 5. The summed E-state index contributed by atoms with van der Waals surface area (Å²) in [5.74, 6) is 0.185. The normalized spacial score (nSPS) is 11.0. The van der Waals surface area contributed by atoms with Crippen molar-refractivity contribution >= 4 is 17.4 Å². The van der Waals surface area contributed by atoms with Crippen LogP contribution in [0.4, 0.5) is 10.2 Å². The van der Waals surface area contributed by atoms with Gasteiger partial charge in [0.15, 0.2) is 11.5 Å². The molecule has 124 valence electrons. The highest BCUT2D eigenvalue weighted by Gasteiger charge is 2.20. The Hall–Kier alpha value is -3.26. The fourth-order valence-electron chi connectivity index (χ4n) is 2.27. The van der Waals surface area contributed by atoms with Gasteiger partial charge in [-0.3, -0.25) is 0 Å². The van der Waals surface area contributed by atoms with E-state index >= 15 is 0 Å². The van der Waals surface area contributed by atoms with Crippen molar-refractivity contribution in [3.05, 3.63) is 59.4 Å². The summed E-state index contributed by atoms with van der Waals surface area (Å²) in [6, 6.07) is 13.4. The van der Waals surface area contributed by atoms with Crippen LogP contribution >= 0.6 is 11.6 Å². The van der Waals surface area contributed by atoms with Crippen LogP contribution in [0.2, 0.25) is 5.02 Å². The van der Waals surface area contributed by atoms with Gasteiger partial charge in [0, 0.05) is 5.56 Å². The van der Waals surface area contributed by atoms with Gasteiger partial charge in [-0.25, -0.2) is 4.39 Å². The highest BCUT2D eigenvalue weighted by molar-refractivity contribution is 6.30. The lowest BCUT2D eigenvalue weighted by Crippen LogP contribution is -2.02. The van der Waals surface area contributed by atoms with Gasteiger partial charge in [-0.05, 0) is 18.2 Å². The van der Waals surface area contributed by atoms with E-state index in [0.29, 0.717) is 11.5 Å². The second-order valence-electron chi connectivity index (χ2n) is 5.12. The summed E-state index contributed by atoms with van der Waals surface area (Å²) in [6.45, 7) is 0. The summed E-state index contributed by atoms with van der Waals surface area (Å²) in [5, 5.41) is 11.8. The van der Waals surface area contributed by atoms with Crippen molar-refractivity contribution in [3.8, 4) is 28.7 Å². The van der Waals surface area contributed by atoms with Gasteiger partial charge >= 0.3 is 0 Å². The minimum Gasteiger partial charge on any atom is -0.382 e. The molecule has 0 radical (unpaired) electrons. The Kier molecular flexibility index (Phi) is 3.66. The second-order valence-corrected chi connectivity index (χ2v) is 5.53. The lowest BCUT2D eigenvalue weighted by Gasteiger charge is -2.03. The predicted octanol–water partition coefficient (Wildman–Crippen LogP) is 3.36. The van der Waals surface area contributed by atoms with Crippen LogP contribution in [0, 0.1) is 5.82 Å². The van der Waals surface area contributed by atoms with Gasteiger partial charge in [-0.2, -0.15) is 9.67 Å². The van der Waals surface area contributed by atoms with Gasteiger partial charge in [0.25, 0.3) is 5.89 Å². The molecule has 2 N–H and O–H groups in total. The minimum absolute atomic E-state index is 0.0434. The zero-order valence-electron chi connectivity index (χ0n) is 12.6. The van der Waals surface area contributed by atoms with E-state index in [-0.39, 0.29) is 22.4 Å². The molecule has 4 aromatic rings. The average molecular weight is 357 g/mol. The standard InChI is InChI=1S/C16H10ClFN6O/c17-11-8-10(6-7-12(11)18)24-14(19)13(21-23-24)16-20-15(22-25-16)9-4-2-1-3-5-9/h1-8H,19H2. The van der Waals surface area contributed by atoms with Gasteiger partial charge in [-0.15, -0.1) is 5.10 Å². The van der Waals surface area contributed by atoms with E-state index in [1.165, 1.54) is 22.9 Å². The Labute approximate surface area is 145 Å². The van der Waals surface area contributed by atoms with Gasteiger partial charge in [0.05, 0.1) is 10.7 Å². The summed E-state index contributed by atoms with van der Waals surface area (Å²) in [7, 11) is 0. The van der Waals surface area contributed by atoms with E-state index in [1.807, 2.05) is 30.3 Å². The summed E-state index contributed by atoms with van der Waals surface area (Å²) in [4.78, 5) is 4.29. The summed E-state index contributed by atoms with van der Waals surface area (Å²) in [5.41, 5.74) is 7.57. The average Bonchev–Trinajstić information content (AvgIpc) is 3.25. The zero-order valence-corrected chi connectivity index (χ0v) is 13.4. The van der Waals surface area contributed by atoms with Gasteiger partial charge in [0.1, 0.15) is 5.82 Å². The Balaban J connectivity index is 1.72. The molecule has 0 aliphatic carbocycles. The molecule has 0 saturated carbocycles. The number of rotatable bonds is 3. The Morgan fingerprint density at radius 3 is 2.68 bits per heavy atom. The first-order chi connectivity index (χ1) is 12.1. The first-order valence-corrected chi connectivity index (χ1v) is 7.57. The zero-order chi connectivity index (χ0) is 17.4. The van der Waals surface area contributed by atoms with E-state index in [0.717, 1.165) is 5.56 Å². The molecule has 0 spiro atoms. The molecule has 2 aromatic carbocycles. The van der Waals surface area contributed by atoms with Crippen molar-refractivity contribution < 1.29 is 8.91 Å². The first-order valence-electron chi connectivity index (χ1n) is 7.19. The number of aromatic nitrogens is 5. The Bertz CT molecular complexity index is 1050. The molecule has 0 atom stereocenters. The Morgan fingerprint density at radius 2 is 1.92 bits per heavy atom. The van der Waals surface area contributed by atoms with Crippen LogP contribution in [0.25, 0.3) is 28.7 Å². The number of anilines is 1. The van der Waals surface area contributed by atoms with Crippen LogP contribution in [0.1, 0.15) is 0 Å². The fraction of sp³-hybridized carbons (Fsp3) is 0. The molecule has 9 heteroatoms. The number of hydrogen-bond acceptors (Lipinski definition) is 6. The molecule has 0 saturated heterocycles. The van der Waals surface area contributed by atoms with Crippen molar-refractivity contribution in [2.75, 3.05) is 5.73 Å². The topological polar surface area (TPSA) is 95.7 Å². The maximum atomic E-state index is 13.3. The number of halogens is 2. The summed E-state index contributed by atoms with van der Waals surface area (Å²) in [6.07, 6.45) is 0. The molecule has 25 heavy (non-hydrogen) atoms. The third-order valence-corrected chi connectivity index (χ3v) is 3.80. The quantitative estimate of drug-likeness (QED) is 0.604. The molecule has 0 amide bonds. The summed E-state index contributed by atoms with van der Waals surface area (Å²) >= 11 is 5.79. The van der Waals surface area contributed by atoms with Crippen LogP contribution in [0.15, 0.2) is 53.1 Å². The monoisotopic (exact) mass is 356 g/mol. The lowest BCUT2D eigenvalue weighted by atomic mass is 10.2. The van der Waals surface area contributed by atoms with E-state index in [4.69, 9.17) is 21.9 Å². The molecule has 7 nitrogen and oxygen atoms in total. The van der Waals surface area contributed by atoms with E-state index in [1.54, 1.807) is 0 Å². The molecule has 0 aliphatic rings. The largest absolute Gasteiger partial charge is 0.382 e. The van der Waals surface area contributed by atoms with E-state index in [9.17, 15) is 4.39 Å².